The Balaban J connectivity index is 2.05. The van der Waals surface area contributed by atoms with Gasteiger partial charge in [-0.1, -0.05) is 0 Å². The molecule has 0 saturated carbocycles. The Morgan fingerprint density at radius 1 is 1.04 bits per heavy atom. The predicted molar refractivity (Wildman–Crippen MR) is 84.8 cm³/mol. The van der Waals surface area contributed by atoms with E-state index >= 15 is 0 Å². The van der Waals surface area contributed by atoms with Crippen LogP contribution in [-0.4, -0.2) is 25.5 Å². The van der Waals surface area contributed by atoms with Crippen LogP contribution in [0, 0.1) is 17.5 Å². The third kappa shape index (κ3) is 2.39. The van der Waals surface area contributed by atoms with Crippen LogP contribution >= 0.6 is 0 Å². The van der Waals surface area contributed by atoms with Crippen LogP contribution in [0.1, 0.15) is 11.7 Å². The van der Waals surface area contributed by atoms with E-state index in [2.05, 4.69) is 4.98 Å². The van der Waals surface area contributed by atoms with E-state index in [9.17, 15) is 13.2 Å². The van der Waals surface area contributed by atoms with Gasteiger partial charge in [0.2, 0.25) is 0 Å². The molecule has 2 heterocycles. The van der Waals surface area contributed by atoms with E-state index in [-0.39, 0.29) is 11.3 Å². The molecule has 130 valence electrons. The van der Waals surface area contributed by atoms with Gasteiger partial charge < -0.3 is 19.2 Å². The molecule has 1 atom stereocenters. The number of fused-ring (bicyclic) bond motifs is 5. The minimum Gasteiger partial charge on any atom is -0.479 e. The Hall–Kier alpha value is -2.51. The van der Waals surface area contributed by atoms with Gasteiger partial charge in [0.15, 0.2) is 12.4 Å². The Morgan fingerprint density at radius 2 is 1.80 bits per heavy atom. The third-order valence-electron chi connectivity index (χ3n) is 4.33. The molecule has 0 fully saturated rings. The number of methoxy groups -OCH3 is 2. The molecular weight excluding hydrogens is 335 g/mol. The average Bonchev–Trinajstić information content (AvgIpc) is 2.95. The van der Waals surface area contributed by atoms with Gasteiger partial charge in [-0.3, -0.25) is 0 Å². The van der Waals surface area contributed by atoms with Crippen molar-refractivity contribution in [1.82, 2.24) is 4.98 Å². The highest BCUT2D eigenvalue weighted by Crippen LogP contribution is 2.47. The minimum atomic E-state index is -0.847. The Bertz CT molecular complexity index is 966. The van der Waals surface area contributed by atoms with Crippen molar-refractivity contribution in [3.05, 3.63) is 53.3 Å². The van der Waals surface area contributed by atoms with Crippen LogP contribution in [-0.2, 0) is 9.47 Å². The molecule has 4 rings (SSSR count). The van der Waals surface area contributed by atoms with Gasteiger partial charge in [-0.2, -0.15) is 0 Å². The fraction of sp³-hybridized carbons (Fsp3) is 0.222. The lowest BCUT2D eigenvalue weighted by atomic mass is 9.96. The maximum atomic E-state index is 14.2. The summed E-state index contributed by atoms with van der Waals surface area (Å²) in [4.78, 5) is 2.97. The van der Waals surface area contributed by atoms with E-state index < -0.39 is 29.8 Å². The van der Waals surface area contributed by atoms with Crippen LogP contribution in [0.3, 0.4) is 0 Å². The summed E-state index contributed by atoms with van der Waals surface area (Å²) in [6, 6.07) is 6.06. The second-order valence-corrected chi connectivity index (χ2v) is 5.74. The van der Waals surface area contributed by atoms with Crippen LogP contribution in [0.15, 0.2) is 30.3 Å². The number of hydrogen-bond donors (Lipinski definition) is 1. The quantitative estimate of drug-likeness (QED) is 0.717. The van der Waals surface area contributed by atoms with Gasteiger partial charge in [-0.15, -0.1) is 0 Å². The van der Waals surface area contributed by atoms with Crippen molar-refractivity contribution in [3.8, 4) is 17.0 Å². The third-order valence-corrected chi connectivity index (χ3v) is 4.33. The zero-order valence-corrected chi connectivity index (χ0v) is 13.4. The number of rotatable bonds is 3. The summed E-state index contributed by atoms with van der Waals surface area (Å²) in [5.41, 5.74) is 1.71. The molecule has 1 unspecified atom stereocenters. The Labute approximate surface area is 141 Å². The first kappa shape index (κ1) is 16.0. The molecular formula is C18H14F3NO3. The highest BCUT2D eigenvalue weighted by molar-refractivity contribution is 5.93. The number of aromatic amines is 1. The number of benzene rings is 2. The van der Waals surface area contributed by atoms with Crippen molar-refractivity contribution >= 4 is 10.9 Å². The minimum absolute atomic E-state index is 0.142. The molecule has 1 N–H and O–H groups in total. The van der Waals surface area contributed by atoms with Crippen molar-refractivity contribution in [2.75, 3.05) is 14.2 Å². The summed E-state index contributed by atoms with van der Waals surface area (Å²) >= 11 is 0. The molecule has 0 spiro atoms. The summed E-state index contributed by atoms with van der Waals surface area (Å²) in [7, 11) is 2.85. The van der Waals surface area contributed by atoms with Crippen LogP contribution in [0.5, 0.6) is 5.75 Å². The Kier molecular flexibility index (Phi) is 3.70. The zero-order chi connectivity index (χ0) is 17.7. The SMILES string of the molecule is COC(OC)C1Oc2cc(F)ccc2-c2[nH]c3c(F)cc(F)cc3c21. The smallest absolute Gasteiger partial charge is 0.198 e. The van der Waals surface area contributed by atoms with E-state index in [1.165, 1.54) is 38.5 Å². The maximum absolute atomic E-state index is 14.2. The van der Waals surface area contributed by atoms with E-state index in [0.717, 1.165) is 6.07 Å². The normalized spacial score (nSPS) is 16.0. The maximum Gasteiger partial charge on any atom is 0.198 e. The van der Waals surface area contributed by atoms with Crippen molar-refractivity contribution in [2.45, 2.75) is 12.4 Å². The number of hydrogen-bond acceptors (Lipinski definition) is 3. The molecule has 4 nitrogen and oxygen atoms in total. The molecule has 0 radical (unpaired) electrons. The highest BCUT2D eigenvalue weighted by Gasteiger charge is 2.36. The van der Waals surface area contributed by atoms with Gasteiger partial charge in [0.25, 0.3) is 0 Å². The second-order valence-electron chi connectivity index (χ2n) is 5.74. The van der Waals surface area contributed by atoms with Gasteiger partial charge in [-0.05, 0) is 18.2 Å². The van der Waals surface area contributed by atoms with Gasteiger partial charge >= 0.3 is 0 Å². The first-order valence-electron chi connectivity index (χ1n) is 7.56. The topological polar surface area (TPSA) is 43.5 Å². The number of H-pyrrole nitrogens is 1. The van der Waals surface area contributed by atoms with Crippen molar-refractivity contribution in [3.63, 3.8) is 0 Å². The highest BCUT2D eigenvalue weighted by atomic mass is 19.1. The van der Waals surface area contributed by atoms with Crippen molar-refractivity contribution in [2.24, 2.45) is 0 Å². The zero-order valence-electron chi connectivity index (χ0n) is 13.4. The molecule has 0 saturated heterocycles. The summed E-state index contributed by atoms with van der Waals surface area (Å²) in [5.74, 6) is -1.63. The number of nitrogens with one attached hydrogen (secondary N) is 1. The van der Waals surface area contributed by atoms with Gasteiger partial charge in [-0.25, -0.2) is 13.2 Å². The Morgan fingerprint density at radius 3 is 2.52 bits per heavy atom. The number of aromatic nitrogens is 1. The molecule has 7 heteroatoms. The molecule has 0 aliphatic carbocycles. The van der Waals surface area contributed by atoms with E-state index in [1.54, 1.807) is 0 Å². The molecule has 2 aromatic carbocycles. The summed E-state index contributed by atoms with van der Waals surface area (Å²) < 4.78 is 58.1. The van der Waals surface area contributed by atoms with Gasteiger partial charge in [0.05, 0.1) is 11.2 Å². The van der Waals surface area contributed by atoms with Crippen LogP contribution in [0.4, 0.5) is 13.2 Å². The molecule has 0 bridgehead atoms. The fourth-order valence-electron chi connectivity index (χ4n) is 3.28. The van der Waals surface area contributed by atoms with Crippen LogP contribution < -0.4 is 4.74 Å². The van der Waals surface area contributed by atoms with Crippen LogP contribution in [0.25, 0.3) is 22.2 Å². The summed E-state index contributed by atoms with van der Waals surface area (Å²) in [6.07, 6.45) is -1.67. The molecule has 1 aromatic heterocycles. The van der Waals surface area contributed by atoms with Gasteiger partial charge in [0, 0.05) is 42.9 Å². The van der Waals surface area contributed by atoms with Crippen molar-refractivity contribution < 1.29 is 27.4 Å². The van der Waals surface area contributed by atoms with Crippen LogP contribution in [0.2, 0.25) is 0 Å². The van der Waals surface area contributed by atoms with E-state index in [1.807, 2.05) is 0 Å². The van der Waals surface area contributed by atoms with E-state index in [4.69, 9.17) is 14.2 Å². The fourth-order valence-corrected chi connectivity index (χ4v) is 3.28. The average molecular weight is 349 g/mol. The van der Waals surface area contributed by atoms with Gasteiger partial charge in [0.1, 0.15) is 23.2 Å². The molecule has 25 heavy (non-hydrogen) atoms. The summed E-state index contributed by atoms with van der Waals surface area (Å²) in [6.45, 7) is 0. The monoisotopic (exact) mass is 349 g/mol. The lowest BCUT2D eigenvalue weighted by Gasteiger charge is -2.31. The standard InChI is InChI=1S/C18H14F3NO3/c1-23-18(24-2)17-14-11-5-9(20)6-12(21)15(11)22-16(14)10-4-3-8(19)7-13(10)25-17/h3-7,17-18,22H,1-2H3. The number of ether oxygens (including phenoxy) is 3. The first-order valence-corrected chi connectivity index (χ1v) is 7.56. The lowest BCUT2D eigenvalue weighted by Crippen LogP contribution is -2.29. The second kappa shape index (κ2) is 5.79. The van der Waals surface area contributed by atoms with E-state index in [0.29, 0.717) is 22.2 Å². The lowest BCUT2D eigenvalue weighted by molar-refractivity contribution is -0.158. The summed E-state index contributed by atoms with van der Waals surface area (Å²) in [5, 5.41) is 0.326. The molecule has 1 aliphatic heterocycles. The molecule has 3 aromatic rings. The molecule has 0 amide bonds. The molecule has 1 aliphatic rings. The number of halogens is 3. The first-order chi connectivity index (χ1) is 12.0. The van der Waals surface area contributed by atoms with Crippen molar-refractivity contribution in [1.29, 1.82) is 0 Å². The largest absolute Gasteiger partial charge is 0.479 e. The predicted octanol–water partition coefficient (Wildman–Crippen LogP) is 4.30.